The first-order valence-electron chi connectivity index (χ1n) is 3.36. The fraction of sp³-hybridized carbons (Fsp3) is 0.286. The Labute approximate surface area is 68.6 Å². The van der Waals surface area contributed by atoms with Crippen molar-refractivity contribution in [1.82, 2.24) is 9.78 Å². The first kappa shape index (κ1) is 8.45. The molecule has 1 aromatic heterocycles. The lowest BCUT2D eigenvalue weighted by molar-refractivity contribution is -0.117. The third-order valence-electron chi connectivity index (χ3n) is 1.24. The van der Waals surface area contributed by atoms with Crippen LogP contribution in [0.3, 0.4) is 0 Å². The highest BCUT2D eigenvalue weighted by Gasteiger charge is 2.06. The molecule has 12 heavy (non-hydrogen) atoms. The molecule has 1 rings (SSSR count). The number of hydrogen-bond acceptors (Lipinski definition) is 3. The third-order valence-corrected chi connectivity index (χ3v) is 1.24. The second-order valence-corrected chi connectivity index (χ2v) is 2.41. The SMILES string of the molecule is CC(=O)Cn1ccc(C(=O)O)n1. The lowest BCUT2D eigenvalue weighted by Crippen LogP contribution is -2.08. The predicted molar refractivity (Wildman–Crippen MR) is 39.9 cm³/mol. The Balaban J connectivity index is 2.77. The molecule has 0 bridgehead atoms. The Bertz CT molecular complexity index is 316. The fourth-order valence-electron chi connectivity index (χ4n) is 0.792. The summed E-state index contributed by atoms with van der Waals surface area (Å²) >= 11 is 0. The highest BCUT2D eigenvalue weighted by atomic mass is 16.4. The monoisotopic (exact) mass is 168 g/mol. The molecule has 0 aromatic carbocycles. The number of Topliss-reactive ketones (excluding diaryl/α,β-unsaturated/α-hetero) is 1. The van der Waals surface area contributed by atoms with Crippen molar-refractivity contribution in [1.29, 1.82) is 0 Å². The van der Waals surface area contributed by atoms with Crippen molar-refractivity contribution in [3.8, 4) is 0 Å². The second-order valence-electron chi connectivity index (χ2n) is 2.41. The zero-order chi connectivity index (χ0) is 9.14. The smallest absolute Gasteiger partial charge is 0.356 e. The molecule has 0 aliphatic carbocycles. The van der Waals surface area contributed by atoms with Crippen LogP contribution in [-0.4, -0.2) is 26.6 Å². The number of rotatable bonds is 3. The van der Waals surface area contributed by atoms with Gasteiger partial charge in [-0.25, -0.2) is 4.79 Å². The molecule has 0 aliphatic heterocycles. The van der Waals surface area contributed by atoms with Gasteiger partial charge in [0.25, 0.3) is 0 Å². The molecule has 1 N–H and O–H groups in total. The molecule has 0 unspecified atom stereocenters. The predicted octanol–water partition coefficient (Wildman–Crippen LogP) is 0.170. The number of carbonyl (C=O) groups is 2. The van der Waals surface area contributed by atoms with Crippen LogP contribution in [0, 0.1) is 0 Å². The van der Waals surface area contributed by atoms with E-state index in [0.29, 0.717) is 0 Å². The standard InChI is InChI=1S/C7H8N2O3/c1-5(10)4-9-3-2-6(8-9)7(11)12/h2-3H,4H2,1H3,(H,11,12). The van der Waals surface area contributed by atoms with Crippen molar-refractivity contribution in [2.45, 2.75) is 13.5 Å². The van der Waals surface area contributed by atoms with E-state index < -0.39 is 5.97 Å². The molecule has 64 valence electrons. The maximum absolute atomic E-state index is 10.6. The van der Waals surface area contributed by atoms with Crippen LogP contribution in [0.15, 0.2) is 12.3 Å². The van der Waals surface area contributed by atoms with Gasteiger partial charge in [-0.2, -0.15) is 5.10 Å². The highest BCUT2D eigenvalue weighted by Crippen LogP contribution is 1.95. The summed E-state index contributed by atoms with van der Waals surface area (Å²) < 4.78 is 1.30. The molecule has 0 fully saturated rings. The van der Waals surface area contributed by atoms with Crippen molar-refractivity contribution in [3.05, 3.63) is 18.0 Å². The van der Waals surface area contributed by atoms with E-state index in [4.69, 9.17) is 5.11 Å². The number of aromatic carboxylic acids is 1. The molecule has 0 saturated carbocycles. The molecule has 0 spiro atoms. The molecule has 0 aliphatic rings. The van der Waals surface area contributed by atoms with E-state index in [0.717, 1.165) is 0 Å². The maximum atomic E-state index is 10.6. The number of ketones is 1. The minimum Gasteiger partial charge on any atom is -0.476 e. The van der Waals surface area contributed by atoms with Crippen LogP contribution in [0.25, 0.3) is 0 Å². The van der Waals surface area contributed by atoms with Gasteiger partial charge in [0.1, 0.15) is 0 Å². The Morgan fingerprint density at radius 2 is 2.33 bits per heavy atom. The number of carboxylic acid groups (broad SMARTS) is 1. The Morgan fingerprint density at radius 3 is 2.75 bits per heavy atom. The summed E-state index contributed by atoms with van der Waals surface area (Å²) in [5.74, 6) is -1.15. The van der Waals surface area contributed by atoms with Crippen molar-refractivity contribution < 1.29 is 14.7 Å². The molecule has 1 heterocycles. The van der Waals surface area contributed by atoms with Gasteiger partial charge >= 0.3 is 5.97 Å². The van der Waals surface area contributed by atoms with Gasteiger partial charge in [0.05, 0.1) is 6.54 Å². The van der Waals surface area contributed by atoms with Crippen molar-refractivity contribution in [2.75, 3.05) is 0 Å². The minimum absolute atomic E-state index is 0.0451. The largest absolute Gasteiger partial charge is 0.476 e. The van der Waals surface area contributed by atoms with Gasteiger partial charge in [-0.3, -0.25) is 9.48 Å². The lowest BCUT2D eigenvalue weighted by Gasteiger charge is -1.93. The van der Waals surface area contributed by atoms with Crippen LogP contribution in [0.5, 0.6) is 0 Å². The van der Waals surface area contributed by atoms with Crippen LogP contribution >= 0.6 is 0 Å². The molecular weight excluding hydrogens is 160 g/mol. The van der Waals surface area contributed by atoms with Gasteiger partial charge < -0.3 is 5.11 Å². The van der Waals surface area contributed by atoms with E-state index in [1.54, 1.807) is 0 Å². The summed E-state index contributed by atoms with van der Waals surface area (Å²) in [5, 5.41) is 12.1. The normalized spacial score (nSPS) is 9.75. The molecule has 1 aromatic rings. The highest BCUT2D eigenvalue weighted by molar-refractivity contribution is 5.85. The third kappa shape index (κ3) is 1.91. The van der Waals surface area contributed by atoms with Gasteiger partial charge in [0.15, 0.2) is 11.5 Å². The summed E-state index contributed by atoms with van der Waals surface area (Å²) in [6, 6.07) is 1.35. The van der Waals surface area contributed by atoms with E-state index in [2.05, 4.69) is 5.10 Å². The summed E-state index contributed by atoms with van der Waals surface area (Å²) in [4.78, 5) is 20.9. The average Bonchev–Trinajstić information content (AvgIpc) is 2.34. The Kier molecular flexibility index (Phi) is 2.23. The van der Waals surface area contributed by atoms with Crippen LogP contribution < -0.4 is 0 Å². The fourth-order valence-corrected chi connectivity index (χ4v) is 0.792. The van der Waals surface area contributed by atoms with E-state index in [1.807, 2.05) is 0 Å². The molecule has 0 radical (unpaired) electrons. The molecule has 0 atom stereocenters. The van der Waals surface area contributed by atoms with Crippen molar-refractivity contribution >= 4 is 11.8 Å². The molecule has 0 amide bonds. The van der Waals surface area contributed by atoms with Gasteiger partial charge in [0, 0.05) is 6.20 Å². The summed E-state index contributed by atoms with van der Waals surface area (Å²) in [7, 11) is 0. The van der Waals surface area contributed by atoms with E-state index in [9.17, 15) is 9.59 Å². The first-order valence-corrected chi connectivity index (χ1v) is 3.36. The first-order chi connectivity index (χ1) is 5.59. The molecule has 5 nitrogen and oxygen atoms in total. The van der Waals surface area contributed by atoms with Gasteiger partial charge in [-0.15, -0.1) is 0 Å². The van der Waals surface area contributed by atoms with Gasteiger partial charge in [0.2, 0.25) is 0 Å². The number of hydrogen-bond donors (Lipinski definition) is 1. The van der Waals surface area contributed by atoms with E-state index >= 15 is 0 Å². The lowest BCUT2D eigenvalue weighted by atomic mass is 10.4. The Hall–Kier alpha value is -1.65. The molecule has 5 heteroatoms. The zero-order valence-corrected chi connectivity index (χ0v) is 6.52. The van der Waals surface area contributed by atoms with Crippen LogP contribution in [-0.2, 0) is 11.3 Å². The number of nitrogens with zero attached hydrogens (tertiary/aromatic N) is 2. The van der Waals surface area contributed by atoms with Crippen molar-refractivity contribution in [2.24, 2.45) is 0 Å². The minimum atomic E-state index is -1.09. The van der Waals surface area contributed by atoms with Gasteiger partial charge in [-0.05, 0) is 13.0 Å². The Morgan fingerprint density at radius 1 is 1.67 bits per heavy atom. The number of carboxylic acids is 1. The van der Waals surface area contributed by atoms with E-state index in [1.165, 1.54) is 23.9 Å². The van der Waals surface area contributed by atoms with Crippen LogP contribution in [0.2, 0.25) is 0 Å². The van der Waals surface area contributed by atoms with E-state index in [-0.39, 0.29) is 18.0 Å². The maximum Gasteiger partial charge on any atom is 0.356 e. The topological polar surface area (TPSA) is 72.2 Å². The summed E-state index contributed by atoms with van der Waals surface area (Å²) in [5.41, 5.74) is -0.0451. The molecular formula is C7H8N2O3. The summed E-state index contributed by atoms with van der Waals surface area (Å²) in [6.45, 7) is 1.54. The van der Waals surface area contributed by atoms with Gasteiger partial charge in [-0.1, -0.05) is 0 Å². The zero-order valence-electron chi connectivity index (χ0n) is 6.52. The van der Waals surface area contributed by atoms with Crippen LogP contribution in [0.1, 0.15) is 17.4 Å². The number of aromatic nitrogens is 2. The van der Waals surface area contributed by atoms with Crippen molar-refractivity contribution in [3.63, 3.8) is 0 Å². The summed E-state index contributed by atoms with van der Waals surface area (Å²) in [6.07, 6.45) is 1.46. The molecule has 0 saturated heterocycles. The van der Waals surface area contributed by atoms with Crippen LogP contribution in [0.4, 0.5) is 0 Å². The quantitative estimate of drug-likeness (QED) is 0.698. The second kappa shape index (κ2) is 3.17. The number of carbonyl (C=O) groups excluding carboxylic acids is 1. The average molecular weight is 168 g/mol.